The number of hydrogen-bond acceptors (Lipinski definition) is 4. The van der Waals surface area contributed by atoms with E-state index in [0.717, 1.165) is 19.4 Å². The van der Waals surface area contributed by atoms with Crippen LogP contribution in [0.15, 0.2) is 24.3 Å². The van der Waals surface area contributed by atoms with Crippen molar-refractivity contribution in [2.24, 2.45) is 5.92 Å². The van der Waals surface area contributed by atoms with Gasteiger partial charge in [0.25, 0.3) is 0 Å². The summed E-state index contributed by atoms with van der Waals surface area (Å²) >= 11 is 0. The molecule has 1 fully saturated rings. The van der Waals surface area contributed by atoms with E-state index in [1.807, 2.05) is 12.1 Å². The lowest BCUT2D eigenvalue weighted by atomic mass is 10.00. The van der Waals surface area contributed by atoms with E-state index < -0.39 is 0 Å². The van der Waals surface area contributed by atoms with Crippen molar-refractivity contribution in [3.63, 3.8) is 0 Å². The molecule has 1 heterocycles. The average Bonchev–Trinajstić information content (AvgIpc) is 2.92. The number of anilines is 1. The standard InChI is InChI=1S/C16H24N2O3/c1-2-15-12(6-8-21-15)11-18-16(19)7-9-20-14-5-3-4-13(17)10-14/h3-5,10,12,15H,2,6-9,11,17H2,1H3,(H,18,19). The highest BCUT2D eigenvalue weighted by molar-refractivity contribution is 5.76. The largest absolute Gasteiger partial charge is 0.493 e. The Bertz CT molecular complexity index is 465. The predicted molar refractivity (Wildman–Crippen MR) is 82.1 cm³/mol. The van der Waals surface area contributed by atoms with E-state index in [4.69, 9.17) is 15.2 Å². The summed E-state index contributed by atoms with van der Waals surface area (Å²) in [5.41, 5.74) is 6.32. The fraction of sp³-hybridized carbons (Fsp3) is 0.562. The minimum atomic E-state index is 0.0145. The zero-order valence-corrected chi connectivity index (χ0v) is 12.5. The predicted octanol–water partition coefficient (Wildman–Crippen LogP) is 1.97. The monoisotopic (exact) mass is 292 g/mol. The van der Waals surface area contributed by atoms with E-state index in [2.05, 4.69) is 12.2 Å². The van der Waals surface area contributed by atoms with Crippen LogP contribution >= 0.6 is 0 Å². The first-order valence-corrected chi connectivity index (χ1v) is 7.55. The molecule has 1 saturated heterocycles. The molecule has 116 valence electrons. The molecule has 5 heteroatoms. The SMILES string of the molecule is CCC1OCCC1CNC(=O)CCOc1cccc(N)c1. The first-order chi connectivity index (χ1) is 10.2. The highest BCUT2D eigenvalue weighted by Crippen LogP contribution is 2.22. The minimum Gasteiger partial charge on any atom is -0.493 e. The van der Waals surface area contributed by atoms with Gasteiger partial charge >= 0.3 is 0 Å². The van der Waals surface area contributed by atoms with E-state index >= 15 is 0 Å². The summed E-state index contributed by atoms with van der Waals surface area (Å²) in [6.45, 7) is 3.96. The van der Waals surface area contributed by atoms with Gasteiger partial charge in [-0.05, 0) is 25.0 Å². The summed E-state index contributed by atoms with van der Waals surface area (Å²) in [4.78, 5) is 11.8. The van der Waals surface area contributed by atoms with Gasteiger partial charge in [0.05, 0.1) is 19.1 Å². The second kappa shape index (κ2) is 7.88. The highest BCUT2D eigenvalue weighted by atomic mass is 16.5. The Hall–Kier alpha value is -1.75. The van der Waals surface area contributed by atoms with Gasteiger partial charge in [-0.15, -0.1) is 0 Å². The van der Waals surface area contributed by atoms with Crippen molar-refractivity contribution in [2.75, 3.05) is 25.5 Å². The molecular formula is C16H24N2O3. The number of nitrogens with two attached hydrogens (primary N) is 1. The Morgan fingerprint density at radius 3 is 3.14 bits per heavy atom. The van der Waals surface area contributed by atoms with Gasteiger partial charge in [0.2, 0.25) is 5.91 Å². The molecule has 1 aromatic rings. The number of amides is 1. The van der Waals surface area contributed by atoms with Crippen LogP contribution in [0.25, 0.3) is 0 Å². The number of benzene rings is 1. The first-order valence-electron chi connectivity index (χ1n) is 7.55. The molecule has 5 nitrogen and oxygen atoms in total. The molecule has 2 unspecified atom stereocenters. The molecule has 0 radical (unpaired) electrons. The molecule has 3 N–H and O–H groups in total. The summed E-state index contributed by atoms with van der Waals surface area (Å²) in [7, 11) is 0. The molecule has 1 aliphatic heterocycles. The number of hydrogen-bond donors (Lipinski definition) is 2. The van der Waals surface area contributed by atoms with E-state index in [1.54, 1.807) is 12.1 Å². The normalized spacial score (nSPS) is 21.2. The van der Waals surface area contributed by atoms with Crippen LogP contribution in [0.4, 0.5) is 5.69 Å². The number of rotatable bonds is 7. The molecule has 1 amide bonds. The van der Waals surface area contributed by atoms with Crippen LogP contribution in [0.1, 0.15) is 26.2 Å². The third-order valence-electron chi connectivity index (χ3n) is 3.77. The second-order valence-electron chi connectivity index (χ2n) is 5.34. The Morgan fingerprint density at radius 1 is 1.52 bits per heavy atom. The zero-order chi connectivity index (χ0) is 15.1. The minimum absolute atomic E-state index is 0.0145. The topological polar surface area (TPSA) is 73.6 Å². The van der Waals surface area contributed by atoms with E-state index in [1.165, 1.54) is 0 Å². The number of nitrogens with one attached hydrogen (secondary N) is 1. The van der Waals surface area contributed by atoms with Crippen molar-refractivity contribution in [1.82, 2.24) is 5.32 Å². The summed E-state index contributed by atoms with van der Waals surface area (Å²) in [5, 5.41) is 2.96. The fourth-order valence-corrected chi connectivity index (χ4v) is 2.58. The maximum atomic E-state index is 11.8. The van der Waals surface area contributed by atoms with Gasteiger partial charge in [-0.3, -0.25) is 4.79 Å². The Morgan fingerprint density at radius 2 is 2.38 bits per heavy atom. The van der Waals surface area contributed by atoms with E-state index in [-0.39, 0.29) is 12.0 Å². The average molecular weight is 292 g/mol. The van der Waals surface area contributed by atoms with Gasteiger partial charge in [-0.25, -0.2) is 0 Å². The van der Waals surface area contributed by atoms with Crippen molar-refractivity contribution in [3.8, 4) is 5.75 Å². The van der Waals surface area contributed by atoms with Crippen molar-refractivity contribution in [3.05, 3.63) is 24.3 Å². The zero-order valence-electron chi connectivity index (χ0n) is 12.5. The van der Waals surface area contributed by atoms with E-state index in [9.17, 15) is 4.79 Å². The van der Waals surface area contributed by atoms with Gasteiger partial charge in [-0.1, -0.05) is 13.0 Å². The molecule has 1 aliphatic rings. The number of nitrogen functional groups attached to an aromatic ring is 1. The molecule has 0 saturated carbocycles. The Labute approximate surface area is 125 Å². The van der Waals surface area contributed by atoms with Crippen LogP contribution in [0, 0.1) is 5.92 Å². The Kier molecular flexibility index (Phi) is 5.87. The highest BCUT2D eigenvalue weighted by Gasteiger charge is 2.26. The molecule has 1 aromatic carbocycles. The number of carbonyl (C=O) groups excluding carboxylic acids is 1. The van der Waals surface area contributed by atoms with Crippen molar-refractivity contribution in [1.29, 1.82) is 0 Å². The smallest absolute Gasteiger partial charge is 0.223 e. The fourth-order valence-electron chi connectivity index (χ4n) is 2.58. The third kappa shape index (κ3) is 4.93. The molecule has 21 heavy (non-hydrogen) atoms. The van der Waals surface area contributed by atoms with Gasteiger partial charge in [-0.2, -0.15) is 0 Å². The molecule has 0 aromatic heterocycles. The maximum Gasteiger partial charge on any atom is 0.223 e. The molecule has 0 bridgehead atoms. The summed E-state index contributed by atoms with van der Waals surface area (Å²) in [5.74, 6) is 1.15. The lowest BCUT2D eigenvalue weighted by molar-refractivity contribution is -0.121. The van der Waals surface area contributed by atoms with Gasteiger partial charge in [0, 0.05) is 30.8 Å². The van der Waals surface area contributed by atoms with Crippen molar-refractivity contribution < 1.29 is 14.3 Å². The number of carbonyl (C=O) groups is 1. The van der Waals surface area contributed by atoms with Crippen LogP contribution in [-0.4, -0.2) is 31.8 Å². The van der Waals surface area contributed by atoms with Crippen LogP contribution in [-0.2, 0) is 9.53 Å². The maximum absolute atomic E-state index is 11.8. The molecule has 0 spiro atoms. The van der Waals surface area contributed by atoms with Gasteiger partial charge in [0.15, 0.2) is 0 Å². The lowest BCUT2D eigenvalue weighted by Crippen LogP contribution is -2.33. The molecular weight excluding hydrogens is 268 g/mol. The first kappa shape index (κ1) is 15.6. The third-order valence-corrected chi connectivity index (χ3v) is 3.77. The van der Waals surface area contributed by atoms with Crippen molar-refractivity contribution in [2.45, 2.75) is 32.3 Å². The molecule has 0 aliphatic carbocycles. The van der Waals surface area contributed by atoms with Gasteiger partial charge < -0.3 is 20.5 Å². The lowest BCUT2D eigenvalue weighted by Gasteiger charge is -2.17. The summed E-state index contributed by atoms with van der Waals surface area (Å²) in [6.07, 6.45) is 2.66. The quantitative estimate of drug-likeness (QED) is 0.754. The van der Waals surface area contributed by atoms with Gasteiger partial charge in [0.1, 0.15) is 5.75 Å². The summed E-state index contributed by atoms with van der Waals surface area (Å²) in [6, 6.07) is 7.21. The van der Waals surface area contributed by atoms with Crippen LogP contribution in [0.3, 0.4) is 0 Å². The number of ether oxygens (including phenoxy) is 2. The summed E-state index contributed by atoms with van der Waals surface area (Å²) < 4.78 is 11.1. The van der Waals surface area contributed by atoms with Crippen LogP contribution in [0.5, 0.6) is 5.75 Å². The second-order valence-corrected chi connectivity index (χ2v) is 5.34. The Balaban J connectivity index is 1.63. The van der Waals surface area contributed by atoms with Crippen LogP contribution in [0.2, 0.25) is 0 Å². The molecule has 2 rings (SSSR count). The van der Waals surface area contributed by atoms with Crippen molar-refractivity contribution >= 4 is 11.6 Å². The molecule has 2 atom stereocenters. The van der Waals surface area contributed by atoms with E-state index in [0.29, 0.717) is 36.9 Å². The van der Waals surface area contributed by atoms with Crippen LogP contribution < -0.4 is 15.8 Å².